The van der Waals surface area contributed by atoms with Gasteiger partial charge in [0, 0.05) is 25.2 Å². The molecule has 3 aromatic carbocycles. The summed E-state index contributed by atoms with van der Waals surface area (Å²) in [6, 6.07) is 15.2. The molecule has 1 aliphatic carbocycles. The predicted octanol–water partition coefficient (Wildman–Crippen LogP) is 7.42. The van der Waals surface area contributed by atoms with Crippen LogP contribution in [0.5, 0.6) is 5.75 Å². The lowest BCUT2D eigenvalue weighted by Crippen LogP contribution is -2.18. The third-order valence-corrected chi connectivity index (χ3v) is 7.32. The Morgan fingerprint density at radius 3 is 2.53 bits per heavy atom. The monoisotopic (exact) mass is 553 g/mol. The van der Waals surface area contributed by atoms with Gasteiger partial charge in [-0.2, -0.15) is 5.10 Å². The Balaban J connectivity index is 1.33. The van der Waals surface area contributed by atoms with E-state index < -0.39 is 11.8 Å². The number of carboxylic acid groups (broad SMARTS) is 1. The van der Waals surface area contributed by atoms with Crippen molar-refractivity contribution in [3.8, 4) is 11.4 Å². The number of para-hydroxylation sites is 1. The predicted molar refractivity (Wildman–Crippen MR) is 147 cm³/mol. The molecule has 196 valence electrons. The van der Waals surface area contributed by atoms with Gasteiger partial charge in [0.1, 0.15) is 23.9 Å². The first-order chi connectivity index (χ1) is 18.2. The quantitative estimate of drug-likeness (QED) is 0.233. The third-order valence-electron chi connectivity index (χ3n) is 6.71. The summed E-state index contributed by atoms with van der Waals surface area (Å²) < 4.78 is 22.9. The molecule has 1 fully saturated rings. The zero-order valence-corrected chi connectivity index (χ0v) is 22.4. The number of anilines is 1. The van der Waals surface area contributed by atoms with Gasteiger partial charge in [-0.1, -0.05) is 41.4 Å². The van der Waals surface area contributed by atoms with Crippen molar-refractivity contribution in [3.63, 3.8) is 0 Å². The highest BCUT2D eigenvalue weighted by molar-refractivity contribution is 6.37. The molecule has 0 spiro atoms. The largest absolute Gasteiger partial charge is 0.487 e. The van der Waals surface area contributed by atoms with Crippen LogP contribution in [0.1, 0.15) is 51.5 Å². The summed E-state index contributed by atoms with van der Waals surface area (Å²) in [7, 11) is 1.78. The van der Waals surface area contributed by atoms with Crippen LogP contribution < -0.4 is 9.64 Å². The van der Waals surface area contributed by atoms with Crippen LogP contribution in [0.2, 0.25) is 10.0 Å². The average molecular weight is 554 g/mol. The molecule has 1 N–H and O–H groups in total. The summed E-state index contributed by atoms with van der Waals surface area (Å²) in [5, 5.41) is 14.8. The third kappa shape index (κ3) is 5.35. The van der Waals surface area contributed by atoms with Crippen LogP contribution >= 0.6 is 23.2 Å². The fraction of sp³-hybridized carbons (Fsp3) is 0.241. The molecule has 9 heteroatoms. The van der Waals surface area contributed by atoms with Crippen molar-refractivity contribution < 1.29 is 19.0 Å². The second kappa shape index (κ2) is 10.7. The van der Waals surface area contributed by atoms with E-state index in [1.807, 2.05) is 6.20 Å². The van der Waals surface area contributed by atoms with Crippen LogP contribution in [0, 0.1) is 12.7 Å². The molecule has 38 heavy (non-hydrogen) atoms. The van der Waals surface area contributed by atoms with Crippen LogP contribution in [0.4, 0.5) is 10.1 Å². The Bertz CT molecular complexity index is 1500. The fourth-order valence-corrected chi connectivity index (χ4v) is 5.17. The van der Waals surface area contributed by atoms with Gasteiger partial charge in [-0.05, 0) is 67.1 Å². The molecule has 0 amide bonds. The molecule has 1 heterocycles. The molecule has 0 saturated heterocycles. The first-order valence-corrected chi connectivity index (χ1v) is 13.0. The van der Waals surface area contributed by atoms with E-state index in [1.54, 1.807) is 72.1 Å². The number of aryl methyl sites for hydroxylation is 1. The Kier molecular flexibility index (Phi) is 7.32. The minimum atomic E-state index is -0.966. The van der Waals surface area contributed by atoms with E-state index in [0.29, 0.717) is 45.2 Å². The Morgan fingerprint density at radius 1 is 1.16 bits per heavy atom. The lowest BCUT2D eigenvalue weighted by atomic mass is 10.0. The standard InChI is InChI=1S/C29H26Cl2FN3O3/c1-17-12-18(6-10-21(17)29(36)37)15-34(2)26-11-9-20(13-25(26)32)38-16-27-22(19-7-8-19)14-33-35(27)28-23(30)4-3-5-24(28)31/h3-6,9-14,19H,7-8,15-16H2,1-2H3,(H,36,37). The Labute approximate surface area is 230 Å². The summed E-state index contributed by atoms with van der Waals surface area (Å²) in [4.78, 5) is 13.0. The van der Waals surface area contributed by atoms with Crippen molar-refractivity contribution in [3.05, 3.63) is 105 Å². The highest BCUT2D eigenvalue weighted by Crippen LogP contribution is 2.43. The number of halogens is 3. The zero-order chi connectivity index (χ0) is 27.0. The second-order valence-corrected chi connectivity index (χ2v) is 10.3. The van der Waals surface area contributed by atoms with Crippen LogP contribution in [-0.2, 0) is 13.2 Å². The van der Waals surface area contributed by atoms with E-state index in [1.165, 1.54) is 6.07 Å². The Hall–Kier alpha value is -3.55. The number of carboxylic acids is 1. The number of hydrogen-bond acceptors (Lipinski definition) is 4. The summed E-state index contributed by atoms with van der Waals surface area (Å²) in [6.07, 6.45) is 4.01. The molecule has 0 unspecified atom stereocenters. The number of carbonyl (C=O) groups is 1. The molecular formula is C29H26Cl2FN3O3. The molecule has 0 bridgehead atoms. The van der Waals surface area contributed by atoms with Crippen LogP contribution in [0.3, 0.4) is 0 Å². The maximum Gasteiger partial charge on any atom is 0.335 e. The van der Waals surface area contributed by atoms with Gasteiger partial charge in [-0.25, -0.2) is 13.9 Å². The van der Waals surface area contributed by atoms with E-state index in [9.17, 15) is 9.90 Å². The summed E-state index contributed by atoms with van der Waals surface area (Å²) in [6.45, 7) is 2.34. The summed E-state index contributed by atoms with van der Waals surface area (Å²) in [5.74, 6) is -0.578. The highest BCUT2D eigenvalue weighted by atomic mass is 35.5. The van der Waals surface area contributed by atoms with Gasteiger partial charge in [0.15, 0.2) is 0 Å². The molecule has 6 nitrogen and oxygen atoms in total. The second-order valence-electron chi connectivity index (χ2n) is 9.52. The molecule has 1 aromatic heterocycles. The lowest BCUT2D eigenvalue weighted by molar-refractivity contribution is 0.0696. The van der Waals surface area contributed by atoms with Crippen LogP contribution in [0.15, 0.2) is 60.8 Å². The molecule has 4 aromatic rings. The van der Waals surface area contributed by atoms with Gasteiger partial charge >= 0.3 is 5.97 Å². The van der Waals surface area contributed by atoms with Gasteiger partial charge in [-0.3, -0.25) is 0 Å². The summed E-state index contributed by atoms with van der Waals surface area (Å²) >= 11 is 12.9. The number of benzene rings is 3. The van der Waals surface area contributed by atoms with Crippen molar-refractivity contribution in [2.24, 2.45) is 0 Å². The Morgan fingerprint density at radius 2 is 1.89 bits per heavy atom. The van der Waals surface area contributed by atoms with Crippen LogP contribution in [0.25, 0.3) is 5.69 Å². The van der Waals surface area contributed by atoms with Gasteiger partial charge in [0.05, 0.1) is 33.2 Å². The van der Waals surface area contributed by atoms with E-state index >= 15 is 4.39 Å². The zero-order valence-electron chi connectivity index (χ0n) is 20.9. The maximum absolute atomic E-state index is 15.1. The number of rotatable bonds is 9. The topological polar surface area (TPSA) is 67.6 Å². The first kappa shape index (κ1) is 26.1. The number of hydrogen-bond donors (Lipinski definition) is 1. The van der Waals surface area contributed by atoms with Gasteiger partial charge in [0.25, 0.3) is 0 Å². The van der Waals surface area contributed by atoms with E-state index in [-0.39, 0.29) is 12.2 Å². The van der Waals surface area contributed by atoms with Crippen molar-refractivity contribution >= 4 is 34.9 Å². The van der Waals surface area contributed by atoms with E-state index in [4.69, 9.17) is 27.9 Å². The van der Waals surface area contributed by atoms with Gasteiger partial charge < -0.3 is 14.7 Å². The molecule has 0 radical (unpaired) electrons. The molecule has 1 aliphatic rings. The normalized spacial score (nSPS) is 13.0. The van der Waals surface area contributed by atoms with Crippen LogP contribution in [-0.4, -0.2) is 27.9 Å². The minimum absolute atomic E-state index is 0.178. The first-order valence-electron chi connectivity index (χ1n) is 12.2. The minimum Gasteiger partial charge on any atom is -0.487 e. The van der Waals surface area contributed by atoms with Crippen molar-refractivity contribution in [2.75, 3.05) is 11.9 Å². The number of aromatic carboxylic acids is 1. The molecule has 0 aliphatic heterocycles. The molecular weight excluding hydrogens is 528 g/mol. The molecule has 1 saturated carbocycles. The molecule has 5 rings (SSSR count). The number of aromatic nitrogens is 2. The smallest absolute Gasteiger partial charge is 0.335 e. The lowest BCUT2D eigenvalue weighted by Gasteiger charge is -2.21. The SMILES string of the molecule is Cc1cc(CN(C)c2ccc(OCc3c(C4CC4)cnn3-c3c(Cl)cccc3Cl)cc2F)ccc1C(=O)O. The fourth-order valence-electron chi connectivity index (χ4n) is 4.61. The van der Waals surface area contributed by atoms with Crippen molar-refractivity contribution in [1.82, 2.24) is 9.78 Å². The van der Waals surface area contributed by atoms with E-state index in [0.717, 1.165) is 29.7 Å². The number of ether oxygens (including phenoxy) is 1. The van der Waals surface area contributed by atoms with Gasteiger partial charge in [0.2, 0.25) is 0 Å². The highest BCUT2D eigenvalue weighted by Gasteiger charge is 2.30. The van der Waals surface area contributed by atoms with E-state index in [2.05, 4.69) is 5.10 Å². The van der Waals surface area contributed by atoms with Crippen molar-refractivity contribution in [2.45, 2.75) is 38.8 Å². The number of nitrogens with zero attached hydrogens (tertiary/aromatic N) is 3. The summed E-state index contributed by atoms with van der Waals surface area (Å²) in [5.41, 5.74) is 4.72. The average Bonchev–Trinajstić information content (AvgIpc) is 3.62. The molecule has 0 atom stereocenters. The van der Waals surface area contributed by atoms with Gasteiger partial charge in [-0.15, -0.1) is 0 Å². The maximum atomic E-state index is 15.1. The van der Waals surface area contributed by atoms with Crippen molar-refractivity contribution in [1.29, 1.82) is 0 Å².